The molecule has 1 unspecified atom stereocenters. The molecule has 11 amide bonds. The van der Waals surface area contributed by atoms with E-state index in [0.717, 1.165) is 14.7 Å². The van der Waals surface area contributed by atoms with Crippen molar-refractivity contribution in [2.75, 3.05) is 62.5 Å². The van der Waals surface area contributed by atoms with E-state index < -0.39 is 169 Å². The lowest BCUT2D eigenvalue weighted by molar-refractivity contribution is -0.169. The highest BCUT2D eigenvalue weighted by Crippen LogP contribution is 2.26. The number of likely N-dealkylation sites (N-methyl/N-ethyl adjacent to an activating group) is 7. The van der Waals surface area contributed by atoms with Gasteiger partial charge in [0.15, 0.2) is 0 Å². The number of carbonyl (C=O) groups excluding carboxylic acids is 11. The fraction of sp³-hybridized carbons (Fsp3) is 0.797. The van der Waals surface area contributed by atoms with Crippen LogP contribution in [0.5, 0.6) is 0 Å². The van der Waals surface area contributed by atoms with Crippen molar-refractivity contribution in [3.05, 3.63) is 12.2 Å². The molecule has 1 fully saturated rings. The van der Waals surface area contributed by atoms with Crippen LogP contribution in [0.4, 0.5) is 0 Å². The van der Waals surface area contributed by atoms with Crippen LogP contribution in [0.2, 0.25) is 0 Å². The Labute approximate surface area is 531 Å². The maximum atomic E-state index is 15.2. The monoisotopic (exact) mass is 1260 g/mol. The average Bonchev–Trinajstić information content (AvgIpc) is 2.43. The summed E-state index contributed by atoms with van der Waals surface area (Å²) in [5, 5.41) is 33.1. The normalized spacial score (nSPS) is 27.1. The van der Waals surface area contributed by atoms with Crippen molar-refractivity contribution in [3.8, 4) is 0 Å². The quantitative estimate of drug-likeness (QED) is 0.108. The van der Waals surface area contributed by atoms with Crippen LogP contribution < -0.4 is 21.3 Å². The maximum absolute atomic E-state index is 15.2. The zero-order valence-electron chi connectivity index (χ0n) is 58.2. The van der Waals surface area contributed by atoms with Crippen molar-refractivity contribution in [3.63, 3.8) is 0 Å². The molecule has 0 bridgehead atoms. The Bertz CT molecular complexity index is 2420. The first kappa shape index (κ1) is 80.8. The van der Waals surface area contributed by atoms with Gasteiger partial charge in [-0.25, -0.2) is 0 Å². The standard InChI is InChI=1S/C64H115N11O14/c1-25-27-28-41(15)52(77)51-56(81)67-44(26-2)58(83)75(24)64(89-30-29-76)63(88)70(19)46(32-36(5)6)55(80)68-49(39(11)12)61(86)69(18)45(31-35(3)4)54(79)65-42(16)53(78)66-43(17)57(82)71(20)47(33-37(7)8)59(84)72(21)48(34-38(9)10)60(85)73(22)50(40(13)14)62(87)74(51)23/h25,27,35-52,64,76-77H,26,28-34H2,1-24H3,(H,65,79)(H,66,78)(H,67,81)(H,68,80)/b27-25+/t41-,42+,43-,44+,45+,46+,47+,48+,49+,50+,51+,52-,64?/m1/s1. The number of nitrogens with zero attached hydrogens (tertiary/aromatic N) is 7. The Morgan fingerprint density at radius 1 is 0.461 bits per heavy atom. The van der Waals surface area contributed by atoms with Crippen molar-refractivity contribution in [2.45, 2.75) is 229 Å². The number of amides is 11. The van der Waals surface area contributed by atoms with Gasteiger partial charge in [0.05, 0.1) is 19.3 Å². The number of allylic oxidation sites excluding steroid dienone is 2. The van der Waals surface area contributed by atoms with Crippen LogP contribution >= 0.6 is 0 Å². The summed E-state index contributed by atoms with van der Waals surface area (Å²) in [4.78, 5) is 170. The van der Waals surface area contributed by atoms with Gasteiger partial charge in [0.1, 0.15) is 60.4 Å². The topological polar surface area (TPSA) is 308 Å². The van der Waals surface area contributed by atoms with Gasteiger partial charge in [-0.1, -0.05) is 109 Å². The molecule has 0 aliphatic carbocycles. The van der Waals surface area contributed by atoms with E-state index in [4.69, 9.17) is 4.74 Å². The molecule has 1 aliphatic heterocycles. The van der Waals surface area contributed by atoms with Gasteiger partial charge in [-0.05, 0) is 101 Å². The van der Waals surface area contributed by atoms with Gasteiger partial charge in [-0.2, -0.15) is 0 Å². The summed E-state index contributed by atoms with van der Waals surface area (Å²) < 4.78 is 5.87. The van der Waals surface area contributed by atoms with Crippen LogP contribution in [0.3, 0.4) is 0 Å². The summed E-state index contributed by atoms with van der Waals surface area (Å²) in [5.74, 6) is -10.8. The Morgan fingerprint density at radius 2 is 0.876 bits per heavy atom. The average molecular weight is 1260 g/mol. The highest BCUT2D eigenvalue weighted by Gasteiger charge is 2.46. The van der Waals surface area contributed by atoms with Gasteiger partial charge in [-0.3, -0.25) is 52.7 Å². The lowest BCUT2D eigenvalue weighted by Gasteiger charge is -2.41. The van der Waals surface area contributed by atoms with Gasteiger partial charge >= 0.3 is 0 Å². The molecular formula is C64H115N11O14. The van der Waals surface area contributed by atoms with E-state index in [0.29, 0.717) is 0 Å². The second-order valence-electron chi connectivity index (χ2n) is 26.7. The zero-order chi connectivity index (χ0) is 69.0. The minimum absolute atomic E-state index is 0.0516. The molecule has 13 atom stereocenters. The summed E-state index contributed by atoms with van der Waals surface area (Å²) in [7, 11) is 9.61. The first-order valence-corrected chi connectivity index (χ1v) is 31.8. The molecule has 0 aromatic heterocycles. The van der Waals surface area contributed by atoms with Crippen molar-refractivity contribution >= 4 is 65.0 Å². The third kappa shape index (κ3) is 22.6. The molecule has 1 saturated heterocycles. The number of hydrogen-bond acceptors (Lipinski definition) is 14. The predicted molar refractivity (Wildman–Crippen MR) is 340 cm³/mol. The number of ether oxygens (including phenoxy) is 1. The first-order chi connectivity index (χ1) is 41.2. The molecule has 89 heavy (non-hydrogen) atoms. The molecule has 510 valence electrons. The van der Waals surface area contributed by atoms with E-state index in [1.54, 1.807) is 60.6 Å². The molecule has 0 spiro atoms. The molecular weight excluding hydrogens is 1150 g/mol. The molecule has 0 aromatic rings. The molecule has 0 aromatic carbocycles. The summed E-state index contributed by atoms with van der Waals surface area (Å²) >= 11 is 0. The third-order valence-corrected chi connectivity index (χ3v) is 16.6. The highest BCUT2D eigenvalue weighted by molar-refractivity contribution is 6.00. The van der Waals surface area contributed by atoms with Crippen LogP contribution in [0.25, 0.3) is 0 Å². The predicted octanol–water partition coefficient (Wildman–Crippen LogP) is 2.60. The van der Waals surface area contributed by atoms with E-state index in [1.807, 2.05) is 55.4 Å². The minimum atomic E-state index is -1.80. The minimum Gasteiger partial charge on any atom is -0.394 e. The summed E-state index contributed by atoms with van der Waals surface area (Å²) in [6.07, 6.45) is 0.826. The number of rotatable bonds is 18. The zero-order valence-corrected chi connectivity index (χ0v) is 58.2. The van der Waals surface area contributed by atoms with Gasteiger partial charge in [-0.15, -0.1) is 0 Å². The second kappa shape index (κ2) is 37.2. The Morgan fingerprint density at radius 3 is 1.31 bits per heavy atom. The fourth-order valence-electron chi connectivity index (χ4n) is 11.1. The van der Waals surface area contributed by atoms with Crippen molar-refractivity contribution < 1.29 is 67.7 Å². The fourth-order valence-corrected chi connectivity index (χ4v) is 11.1. The summed E-state index contributed by atoms with van der Waals surface area (Å²) in [5.41, 5.74) is 0. The van der Waals surface area contributed by atoms with E-state index in [-0.39, 0.29) is 62.2 Å². The largest absolute Gasteiger partial charge is 0.394 e. The SMILES string of the molecule is C/C=C/C[C@@H](C)[C@@H](O)[C@H]1C(=O)N[C@@H](CC)C(=O)N(C)C(OCCO)C(=O)N(C)[C@@H](CC(C)C)C(=O)N[C@@H](C(C)C)C(=O)N(C)[C@@H](CC(C)C)C(=O)N[C@@H](C)C(=O)N[C@H](C)C(=O)N(C)[C@@H](CC(C)C)C(=O)N(C)[C@@H](CC(C)C)C(=O)N(C)[C@@H](C(C)C)C(=O)N1C. The van der Waals surface area contributed by atoms with Gasteiger partial charge < -0.3 is 70.5 Å². The van der Waals surface area contributed by atoms with Crippen molar-refractivity contribution in [2.24, 2.45) is 41.4 Å². The molecule has 25 heteroatoms. The molecule has 0 radical (unpaired) electrons. The molecule has 1 aliphatic rings. The number of carbonyl (C=O) groups is 11. The van der Waals surface area contributed by atoms with Gasteiger partial charge in [0.25, 0.3) is 5.91 Å². The van der Waals surface area contributed by atoms with E-state index >= 15 is 14.4 Å². The number of nitrogens with one attached hydrogen (secondary N) is 4. The third-order valence-electron chi connectivity index (χ3n) is 16.6. The van der Waals surface area contributed by atoms with Crippen LogP contribution in [0.15, 0.2) is 12.2 Å². The first-order valence-electron chi connectivity index (χ1n) is 31.8. The lowest BCUT2D eigenvalue weighted by Crippen LogP contribution is -2.64. The van der Waals surface area contributed by atoms with E-state index in [1.165, 1.54) is 82.8 Å². The summed E-state index contributed by atoms with van der Waals surface area (Å²) in [6.45, 7) is 28.5. The second-order valence-corrected chi connectivity index (χ2v) is 26.7. The molecule has 1 rings (SSSR count). The van der Waals surface area contributed by atoms with Crippen LogP contribution in [0.1, 0.15) is 156 Å². The Hall–Kier alpha value is -6.21. The molecule has 6 N–H and O–H groups in total. The Kier molecular flexibility index (Phi) is 33.8. The molecule has 1 heterocycles. The van der Waals surface area contributed by atoms with Crippen molar-refractivity contribution in [1.82, 2.24) is 55.6 Å². The van der Waals surface area contributed by atoms with Gasteiger partial charge in [0, 0.05) is 49.3 Å². The van der Waals surface area contributed by atoms with E-state index in [2.05, 4.69) is 21.3 Å². The van der Waals surface area contributed by atoms with Gasteiger partial charge in [0.2, 0.25) is 65.3 Å². The van der Waals surface area contributed by atoms with E-state index in [9.17, 15) is 48.6 Å². The maximum Gasteiger partial charge on any atom is 0.273 e. The van der Waals surface area contributed by atoms with Crippen molar-refractivity contribution in [1.29, 1.82) is 0 Å². The lowest BCUT2D eigenvalue weighted by atomic mass is 9.91. The summed E-state index contributed by atoms with van der Waals surface area (Å²) in [6, 6.07) is -13.0. The Balaban J connectivity index is 4.48. The highest BCUT2D eigenvalue weighted by atomic mass is 16.5. The van der Waals surface area contributed by atoms with Crippen LogP contribution in [0, 0.1) is 41.4 Å². The molecule has 25 nitrogen and oxygen atoms in total. The molecule has 0 saturated carbocycles. The van der Waals surface area contributed by atoms with Crippen LogP contribution in [-0.2, 0) is 57.5 Å². The number of aliphatic hydroxyl groups is 2. The number of aliphatic hydroxyl groups excluding tert-OH is 2. The smallest absolute Gasteiger partial charge is 0.273 e. The van der Waals surface area contributed by atoms with Crippen LogP contribution in [-0.4, -0.2) is 245 Å². The number of hydrogen-bond donors (Lipinski definition) is 6.